The maximum Gasteiger partial charge on any atom is 0.101 e. The minimum atomic E-state index is 0.339. The summed E-state index contributed by atoms with van der Waals surface area (Å²) in [6.45, 7) is 2.04. The zero-order valence-electron chi connectivity index (χ0n) is 9.94. The molecule has 1 aromatic rings. The third kappa shape index (κ3) is 1.79. The molecule has 3 unspecified atom stereocenters. The van der Waals surface area contributed by atoms with Crippen molar-refractivity contribution in [2.24, 2.45) is 0 Å². The van der Waals surface area contributed by atoms with Crippen LogP contribution in [0.2, 0.25) is 0 Å². The maximum absolute atomic E-state index is 9.13. The van der Waals surface area contributed by atoms with Gasteiger partial charge in [0.05, 0.1) is 29.5 Å². The van der Waals surface area contributed by atoms with E-state index < -0.39 is 0 Å². The Morgan fingerprint density at radius 1 is 1.41 bits per heavy atom. The number of hydrogen-bond donors (Lipinski definition) is 1. The number of fused-ring (bicyclic) bond motifs is 2. The molecule has 2 aliphatic heterocycles. The molecule has 1 N–H and O–H groups in total. The average molecular weight is 228 g/mol. The Labute approximate surface area is 101 Å². The lowest BCUT2D eigenvalue weighted by Crippen LogP contribution is -2.31. The van der Waals surface area contributed by atoms with Gasteiger partial charge in [0.1, 0.15) is 6.07 Å². The zero-order valence-corrected chi connectivity index (χ0v) is 9.94. The summed E-state index contributed by atoms with van der Waals surface area (Å²) in [7, 11) is 0. The Hall–Kier alpha value is -1.53. The lowest BCUT2D eigenvalue weighted by atomic mass is 9.94. The van der Waals surface area contributed by atoms with Crippen LogP contribution < -0.4 is 5.32 Å². The summed E-state index contributed by atoms with van der Waals surface area (Å²) in [5, 5.41) is 12.6. The lowest BCUT2D eigenvalue weighted by molar-refractivity contribution is 0.102. The molecule has 0 aliphatic carbocycles. The molecule has 0 aromatic heterocycles. The molecule has 3 nitrogen and oxygen atoms in total. The number of nitriles is 1. The highest BCUT2D eigenvalue weighted by molar-refractivity contribution is 5.62. The SMILES string of the molecule is Cc1cccc(C#N)c1NC1CC2CCC1O2. The second-order valence-corrected chi connectivity index (χ2v) is 4.97. The average Bonchev–Trinajstić information content (AvgIpc) is 2.93. The summed E-state index contributed by atoms with van der Waals surface area (Å²) in [4.78, 5) is 0. The third-order valence-electron chi connectivity index (χ3n) is 3.83. The van der Waals surface area contributed by atoms with Crippen LogP contribution in [0.1, 0.15) is 30.4 Å². The number of para-hydroxylation sites is 1. The van der Waals surface area contributed by atoms with Gasteiger partial charge >= 0.3 is 0 Å². The standard InChI is InChI=1S/C14H16N2O/c1-9-3-2-4-10(8-15)14(9)16-12-7-11-5-6-13(12)17-11/h2-4,11-13,16H,5-7H2,1H3. The first-order valence-electron chi connectivity index (χ1n) is 6.19. The van der Waals surface area contributed by atoms with Crippen LogP contribution in [-0.4, -0.2) is 18.2 Å². The smallest absolute Gasteiger partial charge is 0.101 e. The van der Waals surface area contributed by atoms with Crippen molar-refractivity contribution in [3.8, 4) is 6.07 Å². The van der Waals surface area contributed by atoms with E-state index in [1.807, 2.05) is 25.1 Å². The van der Waals surface area contributed by atoms with E-state index in [-0.39, 0.29) is 0 Å². The van der Waals surface area contributed by atoms with E-state index in [9.17, 15) is 0 Å². The molecular weight excluding hydrogens is 212 g/mol. The van der Waals surface area contributed by atoms with Crippen LogP contribution >= 0.6 is 0 Å². The van der Waals surface area contributed by atoms with Crippen molar-refractivity contribution >= 4 is 5.69 Å². The van der Waals surface area contributed by atoms with Gasteiger partial charge in [0, 0.05) is 0 Å². The van der Waals surface area contributed by atoms with Crippen LogP contribution in [0.4, 0.5) is 5.69 Å². The summed E-state index contributed by atoms with van der Waals surface area (Å²) in [5.74, 6) is 0. The third-order valence-corrected chi connectivity index (χ3v) is 3.83. The Kier molecular flexibility index (Phi) is 2.53. The van der Waals surface area contributed by atoms with Crippen LogP contribution in [0.25, 0.3) is 0 Å². The van der Waals surface area contributed by atoms with Gasteiger partial charge in [-0.05, 0) is 37.8 Å². The molecule has 1 aromatic carbocycles. The predicted octanol–water partition coefficient (Wildman–Crippen LogP) is 2.60. The van der Waals surface area contributed by atoms with E-state index in [2.05, 4.69) is 11.4 Å². The molecule has 2 fully saturated rings. The van der Waals surface area contributed by atoms with Gasteiger partial charge in [-0.15, -0.1) is 0 Å². The number of hydrogen-bond acceptors (Lipinski definition) is 3. The molecule has 0 saturated carbocycles. The molecule has 3 heteroatoms. The Morgan fingerprint density at radius 2 is 2.29 bits per heavy atom. The molecular formula is C14H16N2O. The van der Waals surface area contributed by atoms with E-state index in [4.69, 9.17) is 10.00 Å². The molecule has 2 saturated heterocycles. The number of ether oxygens (including phenoxy) is 1. The van der Waals surface area contributed by atoms with E-state index in [1.54, 1.807) is 0 Å². The molecule has 0 amide bonds. The highest BCUT2D eigenvalue weighted by Crippen LogP contribution is 2.36. The lowest BCUT2D eigenvalue weighted by Gasteiger charge is -2.23. The van der Waals surface area contributed by atoms with Crippen molar-refractivity contribution < 1.29 is 4.74 Å². The predicted molar refractivity (Wildman–Crippen MR) is 65.8 cm³/mol. The van der Waals surface area contributed by atoms with Crippen molar-refractivity contribution in [1.29, 1.82) is 5.26 Å². The first-order chi connectivity index (χ1) is 8.28. The Balaban J connectivity index is 1.84. The number of nitrogens with one attached hydrogen (secondary N) is 1. The minimum Gasteiger partial charge on any atom is -0.378 e. The van der Waals surface area contributed by atoms with E-state index in [0.717, 1.165) is 29.7 Å². The van der Waals surface area contributed by atoms with Crippen molar-refractivity contribution in [1.82, 2.24) is 0 Å². The highest BCUT2D eigenvalue weighted by atomic mass is 16.5. The van der Waals surface area contributed by atoms with E-state index in [1.165, 1.54) is 6.42 Å². The molecule has 2 aliphatic rings. The van der Waals surface area contributed by atoms with Crippen LogP contribution in [0.3, 0.4) is 0 Å². The molecule has 2 bridgehead atoms. The van der Waals surface area contributed by atoms with Crippen LogP contribution in [0, 0.1) is 18.3 Å². The van der Waals surface area contributed by atoms with Gasteiger partial charge < -0.3 is 10.1 Å². The molecule has 17 heavy (non-hydrogen) atoms. The second-order valence-electron chi connectivity index (χ2n) is 4.97. The number of aryl methyl sites for hydroxylation is 1. The van der Waals surface area contributed by atoms with Gasteiger partial charge in [0.2, 0.25) is 0 Å². The van der Waals surface area contributed by atoms with Gasteiger partial charge in [0.25, 0.3) is 0 Å². The molecule has 2 heterocycles. The monoisotopic (exact) mass is 228 g/mol. The fourth-order valence-electron chi connectivity index (χ4n) is 2.93. The quantitative estimate of drug-likeness (QED) is 0.846. The molecule has 0 radical (unpaired) electrons. The fraction of sp³-hybridized carbons (Fsp3) is 0.500. The Bertz CT molecular complexity index is 478. The Morgan fingerprint density at radius 3 is 2.94 bits per heavy atom. The first kappa shape index (κ1) is 10.6. The largest absolute Gasteiger partial charge is 0.378 e. The van der Waals surface area contributed by atoms with Crippen molar-refractivity contribution in [2.75, 3.05) is 5.32 Å². The minimum absolute atomic E-state index is 0.339. The van der Waals surface area contributed by atoms with Crippen LogP contribution in [0.5, 0.6) is 0 Å². The van der Waals surface area contributed by atoms with Gasteiger partial charge in [-0.1, -0.05) is 12.1 Å². The fourth-order valence-corrected chi connectivity index (χ4v) is 2.93. The summed E-state index contributed by atoms with van der Waals surface area (Å²) in [5.41, 5.74) is 2.84. The number of rotatable bonds is 2. The molecule has 88 valence electrons. The highest BCUT2D eigenvalue weighted by Gasteiger charge is 2.40. The van der Waals surface area contributed by atoms with Gasteiger partial charge in [-0.25, -0.2) is 0 Å². The topological polar surface area (TPSA) is 45.0 Å². The second kappa shape index (κ2) is 4.05. The van der Waals surface area contributed by atoms with E-state index >= 15 is 0 Å². The molecule has 3 rings (SSSR count). The zero-order chi connectivity index (χ0) is 11.8. The first-order valence-corrected chi connectivity index (χ1v) is 6.19. The number of nitrogens with zero attached hydrogens (tertiary/aromatic N) is 1. The summed E-state index contributed by atoms with van der Waals surface area (Å²) >= 11 is 0. The normalized spacial score (nSPS) is 30.2. The van der Waals surface area contributed by atoms with E-state index in [0.29, 0.717) is 18.2 Å². The number of anilines is 1. The van der Waals surface area contributed by atoms with Gasteiger partial charge in [-0.2, -0.15) is 5.26 Å². The number of benzene rings is 1. The maximum atomic E-state index is 9.13. The van der Waals surface area contributed by atoms with Gasteiger partial charge in [0.15, 0.2) is 0 Å². The van der Waals surface area contributed by atoms with Crippen LogP contribution in [-0.2, 0) is 4.74 Å². The molecule has 0 spiro atoms. The van der Waals surface area contributed by atoms with Crippen LogP contribution in [0.15, 0.2) is 18.2 Å². The van der Waals surface area contributed by atoms with Crippen molar-refractivity contribution in [3.05, 3.63) is 29.3 Å². The molecule has 3 atom stereocenters. The van der Waals surface area contributed by atoms with Crippen molar-refractivity contribution in [3.63, 3.8) is 0 Å². The summed E-state index contributed by atoms with van der Waals surface area (Å²) < 4.78 is 5.83. The summed E-state index contributed by atoms with van der Waals surface area (Å²) in [6, 6.07) is 8.46. The van der Waals surface area contributed by atoms with Gasteiger partial charge in [-0.3, -0.25) is 0 Å². The van der Waals surface area contributed by atoms with Crippen molar-refractivity contribution in [2.45, 2.75) is 44.4 Å². The summed E-state index contributed by atoms with van der Waals surface area (Å²) in [6.07, 6.45) is 4.19.